The average Bonchev–Trinajstić information content (AvgIpc) is 2.83. The molecule has 2 rings (SSSR count). The van der Waals surface area contributed by atoms with Gasteiger partial charge in [0.15, 0.2) is 0 Å². The minimum atomic E-state index is 0.383. The second-order valence-corrected chi connectivity index (χ2v) is 4.66. The molecule has 1 aromatic rings. The van der Waals surface area contributed by atoms with E-state index in [-0.39, 0.29) is 0 Å². The van der Waals surface area contributed by atoms with E-state index in [1.54, 1.807) is 16.8 Å². The number of anilines is 1. The Morgan fingerprint density at radius 3 is 3.38 bits per heavy atom. The van der Waals surface area contributed by atoms with Crippen LogP contribution < -0.4 is 10.2 Å². The van der Waals surface area contributed by atoms with Gasteiger partial charge in [-0.05, 0) is 13.0 Å². The first kappa shape index (κ1) is 11.8. The lowest BCUT2D eigenvalue weighted by atomic mass is 10.2. The Kier molecular flexibility index (Phi) is 4.50. The highest BCUT2D eigenvalue weighted by molar-refractivity contribution is 7.13. The van der Waals surface area contributed by atoms with Crippen molar-refractivity contribution in [3.8, 4) is 0 Å². The lowest BCUT2D eigenvalue weighted by molar-refractivity contribution is 0.0937. The zero-order valence-electron chi connectivity index (χ0n) is 9.56. The summed E-state index contributed by atoms with van der Waals surface area (Å²) >= 11 is 1.59. The van der Waals surface area contributed by atoms with Gasteiger partial charge in [0.2, 0.25) is 5.13 Å². The average molecular weight is 242 g/mol. The fourth-order valence-corrected chi connectivity index (χ4v) is 2.47. The molecule has 1 N–H and O–H groups in total. The Labute approximate surface area is 99.8 Å². The van der Waals surface area contributed by atoms with Crippen LogP contribution in [0, 0.1) is 0 Å². The zero-order chi connectivity index (χ0) is 11.2. The molecule has 1 unspecified atom stereocenters. The molecule has 90 valence electrons. The third-order valence-electron chi connectivity index (χ3n) is 2.63. The highest BCUT2D eigenvalue weighted by Crippen LogP contribution is 2.20. The first-order valence-electron chi connectivity index (χ1n) is 5.73. The van der Waals surface area contributed by atoms with Crippen LogP contribution in [0.25, 0.3) is 0 Å². The van der Waals surface area contributed by atoms with Crippen molar-refractivity contribution < 1.29 is 4.74 Å². The van der Waals surface area contributed by atoms with Crippen LogP contribution in [0.15, 0.2) is 5.51 Å². The van der Waals surface area contributed by atoms with Gasteiger partial charge in [-0.15, -0.1) is 10.2 Å². The number of hydrogen-bond donors (Lipinski definition) is 1. The van der Waals surface area contributed by atoms with Gasteiger partial charge in [0.1, 0.15) is 5.51 Å². The van der Waals surface area contributed by atoms with Gasteiger partial charge in [0, 0.05) is 13.1 Å². The first-order chi connectivity index (χ1) is 7.92. The Balaban J connectivity index is 1.92. The van der Waals surface area contributed by atoms with Crippen LogP contribution in [0.4, 0.5) is 5.13 Å². The number of aromatic nitrogens is 2. The van der Waals surface area contributed by atoms with Crippen molar-refractivity contribution in [3.63, 3.8) is 0 Å². The maximum absolute atomic E-state index is 5.52. The minimum Gasteiger partial charge on any atom is -0.377 e. The minimum absolute atomic E-state index is 0.383. The molecule has 0 bridgehead atoms. The Hall–Kier alpha value is -0.720. The fraction of sp³-hybridized carbons (Fsp3) is 0.800. The molecule has 6 heteroatoms. The van der Waals surface area contributed by atoms with Gasteiger partial charge in [-0.1, -0.05) is 18.3 Å². The van der Waals surface area contributed by atoms with E-state index >= 15 is 0 Å². The number of rotatable bonds is 5. The van der Waals surface area contributed by atoms with E-state index < -0.39 is 0 Å². The summed E-state index contributed by atoms with van der Waals surface area (Å²) < 4.78 is 5.52. The van der Waals surface area contributed by atoms with E-state index in [4.69, 9.17) is 4.74 Å². The van der Waals surface area contributed by atoms with Gasteiger partial charge >= 0.3 is 0 Å². The van der Waals surface area contributed by atoms with Crippen molar-refractivity contribution in [2.75, 3.05) is 37.7 Å². The monoisotopic (exact) mass is 242 g/mol. The highest BCUT2D eigenvalue weighted by atomic mass is 32.1. The lowest BCUT2D eigenvalue weighted by Crippen LogP contribution is -2.50. The van der Waals surface area contributed by atoms with Gasteiger partial charge < -0.3 is 15.0 Å². The summed E-state index contributed by atoms with van der Waals surface area (Å²) in [6.07, 6.45) is 1.16. The molecule has 16 heavy (non-hydrogen) atoms. The SMILES string of the molecule is CCCNCC1COCCN1c1nncs1. The summed E-state index contributed by atoms with van der Waals surface area (Å²) in [4.78, 5) is 2.30. The van der Waals surface area contributed by atoms with E-state index in [1.165, 1.54) is 0 Å². The summed E-state index contributed by atoms with van der Waals surface area (Å²) in [5, 5.41) is 12.5. The molecule has 1 fully saturated rings. The lowest BCUT2D eigenvalue weighted by Gasteiger charge is -2.35. The molecule has 0 aromatic carbocycles. The molecular weight excluding hydrogens is 224 g/mol. The number of nitrogens with zero attached hydrogens (tertiary/aromatic N) is 3. The molecule has 0 radical (unpaired) electrons. The predicted octanol–water partition coefficient (Wildman–Crippen LogP) is 0.743. The summed E-state index contributed by atoms with van der Waals surface area (Å²) in [6, 6.07) is 0.383. The van der Waals surface area contributed by atoms with Crippen LogP contribution in [-0.4, -0.2) is 49.1 Å². The van der Waals surface area contributed by atoms with Crippen molar-refractivity contribution in [1.82, 2.24) is 15.5 Å². The molecule has 0 saturated carbocycles. The molecule has 1 saturated heterocycles. The van der Waals surface area contributed by atoms with Crippen molar-refractivity contribution in [1.29, 1.82) is 0 Å². The second-order valence-electron chi connectivity index (χ2n) is 3.85. The summed E-state index contributed by atoms with van der Waals surface area (Å²) in [5.74, 6) is 0. The zero-order valence-corrected chi connectivity index (χ0v) is 10.4. The van der Waals surface area contributed by atoms with Crippen molar-refractivity contribution in [2.45, 2.75) is 19.4 Å². The Morgan fingerprint density at radius 2 is 2.62 bits per heavy atom. The van der Waals surface area contributed by atoms with Gasteiger partial charge in [0.25, 0.3) is 0 Å². The third-order valence-corrected chi connectivity index (χ3v) is 3.36. The standard InChI is InChI=1S/C10H18N4OS/c1-2-3-11-6-9-7-15-5-4-14(9)10-13-12-8-16-10/h8-9,11H,2-7H2,1H3. The van der Waals surface area contributed by atoms with Crippen LogP contribution >= 0.6 is 11.3 Å². The smallest absolute Gasteiger partial charge is 0.208 e. The number of morpholine rings is 1. The van der Waals surface area contributed by atoms with Crippen molar-refractivity contribution in [2.24, 2.45) is 0 Å². The quantitative estimate of drug-likeness (QED) is 0.772. The van der Waals surface area contributed by atoms with E-state index in [2.05, 4.69) is 27.3 Å². The summed E-state index contributed by atoms with van der Waals surface area (Å²) in [6.45, 7) is 6.65. The van der Waals surface area contributed by atoms with Gasteiger partial charge in [-0.2, -0.15) is 0 Å². The molecular formula is C10H18N4OS. The van der Waals surface area contributed by atoms with Crippen LogP contribution in [0.2, 0.25) is 0 Å². The van der Waals surface area contributed by atoms with Gasteiger partial charge in [0.05, 0.1) is 19.3 Å². The number of nitrogens with one attached hydrogen (secondary N) is 1. The van der Waals surface area contributed by atoms with Gasteiger partial charge in [-0.25, -0.2) is 0 Å². The Morgan fingerprint density at radius 1 is 1.69 bits per heavy atom. The maximum Gasteiger partial charge on any atom is 0.208 e. The van der Waals surface area contributed by atoms with Crippen LogP contribution in [0.3, 0.4) is 0 Å². The van der Waals surface area contributed by atoms with Crippen LogP contribution in [0.1, 0.15) is 13.3 Å². The molecule has 0 aliphatic carbocycles. The summed E-state index contributed by atoms with van der Waals surface area (Å²) in [7, 11) is 0. The molecule has 1 aliphatic heterocycles. The molecule has 0 amide bonds. The van der Waals surface area contributed by atoms with Crippen molar-refractivity contribution >= 4 is 16.5 Å². The van der Waals surface area contributed by atoms with E-state index in [0.717, 1.165) is 44.4 Å². The van der Waals surface area contributed by atoms with Crippen molar-refractivity contribution in [3.05, 3.63) is 5.51 Å². The third kappa shape index (κ3) is 2.90. The second kappa shape index (κ2) is 6.12. The molecule has 1 aromatic heterocycles. The van der Waals surface area contributed by atoms with Crippen LogP contribution in [0.5, 0.6) is 0 Å². The largest absolute Gasteiger partial charge is 0.377 e. The molecule has 0 spiro atoms. The molecule has 5 nitrogen and oxygen atoms in total. The fourth-order valence-electron chi connectivity index (χ4n) is 1.81. The maximum atomic E-state index is 5.52. The van der Waals surface area contributed by atoms with E-state index in [0.29, 0.717) is 6.04 Å². The first-order valence-corrected chi connectivity index (χ1v) is 6.61. The molecule has 1 atom stereocenters. The molecule has 2 heterocycles. The predicted molar refractivity (Wildman–Crippen MR) is 65.0 cm³/mol. The normalized spacial score (nSPS) is 21.3. The highest BCUT2D eigenvalue weighted by Gasteiger charge is 2.24. The Bertz CT molecular complexity index is 293. The summed E-state index contributed by atoms with van der Waals surface area (Å²) in [5.41, 5.74) is 1.78. The van der Waals surface area contributed by atoms with Gasteiger partial charge in [-0.3, -0.25) is 0 Å². The number of ether oxygens (including phenoxy) is 1. The molecule has 1 aliphatic rings. The topological polar surface area (TPSA) is 50.3 Å². The van der Waals surface area contributed by atoms with E-state index in [9.17, 15) is 0 Å². The number of hydrogen-bond acceptors (Lipinski definition) is 6. The van der Waals surface area contributed by atoms with E-state index in [1.807, 2.05) is 0 Å². The van der Waals surface area contributed by atoms with Crippen LogP contribution in [-0.2, 0) is 4.74 Å².